The van der Waals surface area contributed by atoms with Crippen molar-refractivity contribution >= 4 is 90.9 Å². The minimum atomic E-state index is 1.12. The molecule has 2 heterocycles. The first-order chi connectivity index (χ1) is 27.3. The van der Waals surface area contributed by atoms with Gasteiger partial charge in [-0.25, -0.2) is 0 Å². The minimum Gasteiger partial charge on any atom is -0.308 e. The van der Waals surface area contributed by atoms with Crippen LogP contribution in [0.3, 0.4) is 0 Å². The van der Waals surface area contributed by atoms with E-state index in [1.807, 2.05) is 22.7 Å². The molecule has 0 unspecified atom stereocenters. The van der Waals surface area contributed by atoms with Gasteiger partial charge in [-0.2, -0.15) is 0 Å². The second-order valence-corrected chi connectivity index (χ2v) is 16.2. The van der Waals surface area contributed by atoms with E-state index in [0.29, 0.717) is 0 Å². The summed E-state index contributed by atoms with van der Waals surface area (Å²) < 4.78 is 5.22. The van der Waals surface area contributed by atoms with E-state index in [-0.39, 0.29) is 0 Å². The molecule has 0 amide bonds. The summed E-state index contributed by atoms with van der Waals surface area (Å²) in [4.78, 5) is 2.52. The zero-order valence-electron chi connectivity index (χ0n) is 29.8. The van der Waals surface area contributed by atoms with Crippen LogP contribution in [0.1, 0.15) is 0 Å². The number of nitrogens with zero attached hydrogens (tertiary/aromatic N) is 1. The van der Waals surface area contributed by atoms with Crippen LogP contribution in [0.15, 0.2) is 200 Å². The molecule has 3 heteroatoms. The Labute approximate surface area is 327 Å². The lowest BCUT2D eigenvalue weighted by Gasteiger charge is -2.30. The number of fused-ring (bicyclic) bond motifs is 7. The molecular formula is C52H33NS2. The molecule has 1 nitrogen and oxygen atoms in total. The van der Waals surface area contributed by atoms with Crippen LogP contribution in [0.5, 0.6) is 0 Å². The summed E-state index contributed by atoms with van der Waals surface area (Å²) in [7, 11) is 0. The standard InChI is InChI=1S/C52H33NS2/c1-3-13-35(14-4-1)39-31-32-47(42-18-8-7-17-41(39)42)53(38-26-23-34(24-27-38)37-25-28-45-43-19-9-11-21-48(43)54-50(45)33-37)51-40(36-15-5-2-6-16-36)29-30-46-44-20-10-12-22-49(44)55-52(46)51/h1-33H. The van der Waals surface area contributed by atoms with Crippen LogP contribution >= 0.6 is 22.7 Å². The lowest BCUT2D eigenvalue weighted by Crippen LogP contribution is -2.12. The number of hydrogen-bond donors (Lipinski definition) is 0. The predicted molar refractivity (Wildman–Crippen MR) is 241 cm³/mol. The van der Waals surface area contributed by atoms with Gasteiger partial charge in [0.05, 0.1) is 16.1 Å². The van der Waals surface area contributed by atoms with Gasteiger partial charge in [0.2, 0.25) is 0 Å². The van der Waals surface area contributed by atoms with Crippen molar-refractivity contribution in [1.82, 2.24) is 0 Å². The summed E-state index contributed by atoms with van der Waals surface area (Å²) in [5.41, 5.74) is 10.7. The predicted octanol–water partition coefficient (Wildman–Crippen LogP) is 16.0. The maximum Gasteiger partial charge on any atom is 0.0718 e. The van der Waals surface area contributed by atoms with E-state index in [1.54, 1.807) is 0 Å². The van der Waals surface area contributed by atoms with E-state index in [0.717, 1.165) is 11.4 Å². The van der Waals surface area contributed by atoms with E-state index in [1.165, 1.54) is 90.2 Å². The summed E-state index contributed by atoms with van der Waals surface area (Å²) in [6.07, 6.45) is 0. The van der Waals surface area contributed by atoms with Gasteiger partial charge >= 0.3 is 0 Å². The Balaban J connectivity index is 1.17. The summed E-state index contributed by atoms with van der Waals surface area (Å²) in [6.45, 7) is 0. The first kappa shape index (κ1) is 32.0. The molecule has 0 aliphatic carbocycles. The number of benzene rings is 9. The molecule has 0 radical (unpaired) electrons. The summed E-state index contributed by atoms with van der Waals surface area (Å²) in [5, 5.41) is 7.66. The van der Waals surface area contributed by atoms with Crippen LogP contribution in [0.4, 0.5) is 17.1 Å². The zero-order chi connectivity index (χ0) is 36.3. The van der Waals surface area contributed by atoms with Gasteiger partial charge in [-0.05, 0) is 69.6 Å². The molecule has 0 atom stereocenters. The van der Waals surface area contributed by atoms with E-state index in [9.17, 15) is 0 Å². The second-order valence-electron chi connectivity index (χ2n) is 14.0. The number of hydrogen-bond acceptors (Lipinski definition) is 3. The number of rotatable bonds is 6. The minimum absolute atomic E-state index is 1.12. The van der Waals surface area contributed by atoms with Crippen LogP contribution < -0.4 is 4.90 Å². The molecular weight excluding hydrogens is 703 g/mol. The molecule has 258 valence electrons. The second kappa shape index (κ2) is 13.1. The Morgan fingerprint density at radius 2 is 0.836 bits per heavy atom. The molecule has 9 aromatic carbocycles. The lowest BCUT2D eigenvalue weighted by atomic mass is 9.95. The Morgan fingerprint density at radius 3 is 1.56 bits per heavy atom. The molecule has 2 aromatic heterocycles. The molecule has 0 N–H and O–H groups in total. The highest BCUT2D eigenvalue weighted by molar-refractivity contribution is 7.26. The Morgan fingerprint density at radius 1 is 0.309 bits per heavy atom. The van der Waals surface area contributed by atoms with Crippen LogP contribution in [-0.4, -0.2) is 0 Å². The third kappa shape index (κ3) is 5.35. The fraction of sp³-hybridized carbons (Fsp3) is 0. The summed E-state index contributed by atoms with van der Waals surface area (Å²) >= 11 is 3.75. The first-order valence-corrected chi connectivity index (χ1v) is 20.3. The molecule has 0 saturated heterocycles. The highest BCUT2D eigenvalue weighted by Gasteiger charge is 2.25. The fourth-order valence-electron chi connectivity index (χ4n) is 8.29. The summed E-state index contributed by atoms with van der Waals surface area (Å²) in [6, 6.07) is 73.4. The van der Waals surface area contributed by atoms with Gasteiger partial charge in [0.1, 0.15) is 0 Å². The van der Waals surface area contributed by atoms with Gasteiger partial charge in [-0.1, -0.05) is 164 Å². The third-order valence-corrected chi connectivity index (χ3v) is 13.2. The first-order valence-electron chi connectivity index (χ1n) is 18.7. The van der Waals surface area contributed by atoms with Gasteiger partial charge in [0, 0.05) is 52.3 Å². The third-order valence-electron chi connectivity index (χ3n) is 10.9. The van der Waals surface area contributed by atoms with Crippen molar-refractivity contribution in [3.05, 3.63) is 200 Å². The van der Waals surface area contributed by atoms with Crippen LogP contribution in [-0.2, 0) is 0 Å². The molecule has 11 aromatic rings. The van der Waals surface area contributed by atoms with Crippen LogP contribution in [0.25, 0.3) is 84.5 Å². The zero-order valence-corrected chi connectivity index (χ0v) is 31.4. The van der Waals surface area contributed by atoms with Crippen molar-refractivity contribution in [2.75, 3.05) is 4.90 Å². The molecule has 0 saturated carbocycles. The van der Waals surface area contributed by atoms with Crippen molar-refractivity contribution < 1.29 is 0 Å². The van der Waals surface area contributed by atoms with Gasteiger partial charge in [0.15, 0.2) is 0 Å². The Kier molecular flexibility index (Phi) is 7.61. The Bertz CT molecular complexity index is 3190. The van der Waals surface area contributed by atoms with E-state index < -0.39 is 0 Å². The molecule has 55 heavy (non-hydrogen) atoms. The quantitative estimate of drug-likeness (QED) is 0.164. The van der Waals surface area contributed by atoms with Gasteiger partial charge in [-0.3, -0.25) is 0 Å². The van der Waals surface area contributed by atoms with Crippen molar-refractivity contribution in [1.29, 1.82) is 0 Å². The SMILES string of the molecule is c1ccc(-c2ccc3c(sc4ccccc43)c2N(c2ccc(-c3ccc4c(c3)sc3ccccc34)cc2)c2ccc(-c3ccccc3)c3ccccc23)cc1. The molecule has 0 bridgehead atoms. The molecule has 0 aliphatic heterocycles. The maximum absolute atomic E-state index is 2.52. The number of anilines is 3. The maximum atomic E-state index is 2.52. The highest BCUT2D eigenvalue weighted by Crippen LogP contribution is 2.51. The van der Waals surface area contributed by atoms with Gasteiger partial charge < -0.3 is 4.90 Å². The average Bonchev–Trinajstić information content (AvgIpc) is 3.83. The normalized spacial score (nSPS) is 11.6. The monoisotopic (exact) mass is 735 g/mol. The summed E-state index contributed by atoms with van der Waals surface area (Å²) in [5.74, 6) is 0. The molecule has 0 spiro atoms. The van der Waals surface area contributed by atoms with Gasteiger partial charge in [0.25, 0.3) is 0 Å². The van der Waals surface area contributed by atoms with Crippen LogP contribution in [0, 0.1) is 0 Å². The largest absolute Gasteiger partial charge is 0.308 e. The molecule has 0 fully saturated rings. The van der Waals surface area contributed by atoms with Crippen molar-refractivity contribution in [3.8, 4) is 33.4 Å². The smallest absolute Gasteiger partial charge is 0.0718 e. The topological polar surface area (TPSA) is 3.24 Å². The average molecular weight is 736 g/mol. The number of thiophene rings is 2. The van der Waals surface area contributed by atoms with E-state index in [4.69, 9.17) is 0 Å². The van der Waals surface area contributed by atoms with Crippen molar-refractivity contribution in [3.63, 3.8) is 0 Å². The van der Waals surface area contributed by atoms with Crippen molar-refractivity contribution in [2.45, 2.75) is 0 Å². The molecule has 0 aliphatic rings. The fourth-order valence-corrected chi connectivity index (χ4v) is 10.7. The Hall–Kier alpha value is -6.52. The highest BCUT2D eigenvalue weighted by atomic mass is 32.1. The molecule has 11 rings (SSSR count). The lowest BCUT2D eigenvalue weighted by molar-refractivity contribution is 1.32. The van der Waals surface area contributed by atoms with E-state index in [2.05, 4.69) is 205 Å². The van der Waals surface area contributed by atoms with E-state index >= 15 is 0 Å². The van der Waals surface area contributed by atoms with Crippen LogP contribution in [0.2, 0.25) is 0 Å². The van der Waals surface area contributed by atoms with Crippen molar-refractivity contribution in [2.24, 2.45) is 0 Å². The van der Waals surface area contributed by atoms with Gasteiger partial charge in [-0.15, -0.1) is 22.7 Å².